The Labute approximate surface area is 147 Å². The summed E-state index contributed by atoms with van der Waals surface area (Å²) < 4.78 is 30.6. The van der Waals surface area contributed by atoms with E-state index in [9.17, 15) is 13.6 Å². The third kappa shape index (κ3) is 3.71. The maximum Gasteiger partial charge on any atom is 0.387 e. The fourth-order valence-corrected chi connectivity index (χ4v) is 3.56. The highest BCUT2D eigenvalue weighted by Gasteiger charge is 2.20. The summed E-state index contributed by atoms with van der Waals surface area (Å²) in [6, 6.07) is 9.63. The van der Waals surface area contributed by atoms with E-state index in [2.05, 4.69) is 10.1 Å². The predicted molar refractivity (Wildman–Crippen MR) is 94.1 cm³/mol. The number of alkyl halides is 2. The fourth-order valence-electron chi connectivity index (χ4n) is 2.44. The molecule has 1 N–H and O–H groups in total. The SMILES string of the molecule is Cc1sc(-n2cccc2)c(C(=O)Nc2ccc(OC(F)F)cc2)c1C. The molecule has 4 nitrogen and oxygen atoms in total. The maximum atomic E-state index is 12.8. The van der Waals surface area contributed by atoms with E-state index >= 15 is 0 Å². The van der Waals surface area contributed by atoms with Crippen molar-refractivity contribution in [1.29, 1.82) is 0 Å². The Morgan fingerprint density at radius 3 is 2.40 bits per heavy atom. The number of anilines is 1. The molecule has 1 aromatic carbocycles. The standard InChI is InChI=1S/C18H16F2N2O2S/c1-11-12(2)25-17(22-9-3-4-10-22)15(11)16(23)21-13-5-7-14(8-6-13)24-18(19)20/h3-10,18H,1-2H3,(H,21,23). The minimum absolute atomic E-state index is 0.0450. The van der Waals surface area contributed by atoms with Gasteiger partial charge < -0.3 is 14.6 Å². The van der Waals surface area contributed by atoms with Crippen LogP contribution in [0.5, 0.6) is 5.75 Å². The van der Waals surface area contributed by atoms with Crippen LogP contribution >= 0.6 is 11.3 Å². The molecule has 0 spiro atoms. The highest BCUT2D eigenvalue weighted by Crippen LogP contribution is 2.31. The van der Waals surface area contributed by atoms with E-state index in [1.54, 1.807) is 11.3 Å². The van der Waals surface area contributed by atoms with E-state index in [1.807, 2.05) is 42.9 Å². The zero-order chi connectivity index (χ0) is 18.0. The van der Waals surface area contributed by atoms with Gasteiger partial charge in [0.05, 0.1) is 5.56 Å². The van der Waals surface area contributed by atoms with Gasteiger partial charge in [0.2, 0.25) is 0 Å². The average molecular weight is 362 g/mol. The van der Waals surface area contributed by atoms with Gasteiger partial charge in [-0.05, 0) is 55.8 Å². The van der Waals surface area contributed by atoms with Crippen LogP contribution in [0.4, 0.5) is 14.5 Å². The molecule has 0 saturated heterocycles. The number of rotatable bonds is 5. The van der Waals surface area contributed by atoms with Gasteiger partial charge in [-0.3, -0.25) is 4.79 Å². The topological polar surface area (TPSA) is 43.3 Å². The molecule has 25 heavy (non-hydrogen) atoms. The van der Waals surface area contributed by atoms with Crippen LogP contribution in [-0.4, -0.2) is 17.1 Å². The molecule has 0 atom stereocenters. The van der Waals surface area contributed by atoms with Gasteiger partial charge in [0.1, 0.15) is 10.8 Å². The lowest BCUT2D eigenvalue weighted by Gasteiger charge is -2.09. The number of aryl methyl sites for hydroxylation is 1. The van der Waals surface area contributed by atoms with Crippen molar-refractivity contribution in [3.05, 3.63) is 64.8 Å². The van der Waals surface area contributed by atoms with Crippen LogP contribution in [0.2, 0.25) is 0 Å². The number of halogens is 2. The zero-order valence-corrected chi connectivity index (χ0v) is 14.4. The van der Waals surface area contributed by atoms with E-state index in [0.717, 1.165) is 15.4 Å². The molecule has 0 radical (unpaired) electrons. The van der Waals surface area contributed by atoms with Crippen molar-refractivity contribution >= 4 is 22.9 Å². The number of carbonyl (C=O) groups is 1. The van der Waals surface area contributed by atoms with Gasteiger partial charge >= 0.3 is 6.61 Å². The molecule has 0 aliphatic heterocycles. The van der Waals surface area contributed by atoms with Crippen molar-refractivity contribution in [2.45, 2.75) is 20.5 Å². The van der Waals surface area contributed by atoms with Crippen molar-refractivity contribution < 1.29 is 18.3 Å². The number of aromatic nitrogens is 1. The molecule has 3 rings (SSSR count). The maximum absolute atomic E-state index is 12.8. The summed E-state index contributed by atoms with van der Waals surface area (Å²) in [6.07, 6.45) is 3.77. The monoisotopic (exact) mass is 362 g/mol. The molecule has 0 bridgehead atoms. The van der Waals surface area contributed by atoms with Crippen LogP contribution in [0.3, 0.4) is 0 Å². The number of ether oxygens (including phenoxy) is 1. The van der Waals surface area contributed by atoms with Gasteiger partial charge in [-0.2, -0.15) is 8.78 Å². The Bertz CT molecular complexity index is 871. The van der Waals surface area contributed by atoms with Crippen LogP contribution < -0.4 is 10.1 Å². The summed E-state index contributed by atoms with van der Waals surface area (Å²) in [5, 5.41) is 3.65. The molecule has 0 aliphatic carbocycles. The summed E-state index contributed by atoms with van der Waals surface area (Å²) in [6.45, 7) is 1.01. The predicted octanol–water partition coefficient (Wildman–Crippen LogP) is 5.01. The molecule has 0 aliphatic rings. The summed E-state index contributed by atoms with van der Waals surface area (Å²) in [4.78, 5) is 13.8. The highest BCUT2D eigenvalue weighted by atomic mass is 32.1. The van der Waals surface area contributed by atoms with Gasteiger partial charge in [-0.1, -0.05) is 0 Å². The number of hydrogen-bond donors (Lipinski definition) is 1. The van der Waals surface area contributed by atoms with Gasteiger partial charge in [-0.25, -0.2) is 0 Å². The molecule has 3 aromatic rings. The van der Waals surface area contributed by atoms with Crippen LogP contribution in [-0.2, 0) is 0 Å². The Balaban J connectivity index is 1.84. The minimum atomic E-state index is -2.87. The highest BCUT2D eigenvalue weighted by molar-refractivity contribution is 7.15. The first-order chi connectivity index (χ1) is 12.0. The van der Waals surface area contributed by atoms with E-state index < -0.39 is 6.61 Å². The van der Waals surface area contributed by atoms with Crippen molar-refractivity contribution in [3.63, 3.8) is 0 Å². The Morgan fingerprint density at radius 1 is 1.16 bits per heavy atom. The van der Waals surface area contributed by atoms with Crippen molar-refractivity contribution in [3.8, 4) is 10.8 Å². The van der Waals surface area contributed by atoms with Crippen LogP contribution in [0, 0.1) is 13.8 Å². The normalized spacial score (nSPS) is 10.9. The summed E-state index contributed by atoms with van der Waals surface area (Å²) in [5.41, 5.74) is 2.03. The fraction of sp³-hybridized carbons (Fsp3) is 0.167. The van der Waals surface area contributed by atoms with E-state index in [-0.39, 0.29) is 11.7 Å². The number of hydrogen-bond acceptors (Lipinski definition) is 3. The van der Waals surface area contributed by atoms with Gasteiger partial charge in [0, 0.05) is 23.0 Å². The molecule has 130 valence electrons. The molecular weight excluding hydrogens is 346 g/mol. The van der Waals surface area contributed by atoms with Crippen LogP contribution in [0.1, 0.15) is 20.8 Å². The smallest absolute Gasteiger partial charge is 0.387 e. The number of nitrogens with one attached hydrogen (secondary N) is 1. The number of benzene rings is 1. The molecule has 0 unspecified atom stereocenters. The molecule has 2 heterocycles. The molecule has 0 saturated carbocycles. The van der Waals surface area contributed by atoms with E-state index in [0.29, 0.717) is 11.3 Å². The molecule has 1 amide bonds. The average Bonchev–Trinajstić information content (AvgIpc) is 3.18. The lowest BCUT2D eigenvalue weighted by molar-refractivity contribution is -0.0498. The van der Waals surface area contributed by atoms with Crippen molar-refractivity contribution in [2.24, 2.45) is 0 Å². The summed E-state index contributed by atoms with van der Waals surface area (Å²) in [7, 11) is 0. The lowest BCUT2D eigenvalue weighted by atomic mass is 10.1. The Kier molecular flexibility index (Phi) is 4.85. The molecule has 0 fully saturated rings. The Morgan fingerprint density at radius 2 is 1.80 bits per heavy atom. The quantitative estimate of drug-likeness (QED) is 0.693. The largest absolute Gasteiger partial charge is 0.435 e. The lowest BCUT2D eigenvalue weighted by Crippen LogP contribution is -2.14. The molecular formula is C18H16F2N2O2S. The van der Waals surface area contributed by atoms with Crippen molar-refractivity contribution in [1.82, 2.24) is 4.57 Å². The Hall–Kier alpha value is -2.67. The number of carbonyl (C=O) groups excluding carboxylic acids is 1. The second kappa shape index (κ2) is 7.06. The number of thiophene rings is 1. The minimum Gasteiger partial charge on any atom is -0.435 e. The second-order valence-corrected chi connectivity index (χ2v) is 6.61. The third-order valence-electron chi connectivity index (χ3n) is 3.77. The number of amides is 1. The first kappa shape index (κ1) is 17.2. The van der Waals surface area contributed by atoms with Crippen LogP contribution in [0.25, 0.3) is 5.00 Å². The molecule has 2 aromatic heterocycles. The second-order valence-electron chi connectivity index (χ2n) is 5.41. The molecule has 7 heteroatoms. The first-order valence-electron chi connectivity index (χ1n) is 7.55. The van der Waals surface area contributed by atoms with Gasteiger partial charge in [-0.15, -0.1) is 11.3 Å². The van der Waals surface area contributed by atoms with Gasteiger partial charge in [0.25, 0.3) is 5.91 Å². The van der Waals surface area contributed by atoms with Gasteiger partial charge in [0.15, 0.2) is 0 Å². The summed E-state index contributed by atoms with van der Waals surface area (Å²) in [5.74, 6) is -0.198. The number of nitrogens with zero attached hydrogens (tertiary/aromatic N) is 1. The van der Waals surface area contributed by atoms with E-state index in [1.165, 1.54) is 24.3 Å². The third-order valence-corrected chi connectivity index (χ3v) is 4.99. The van der Waals surface area contributed by atoms with Crippen LogP contribution in [0.15, 0.2) is 48.8 Å². The van der Waals surface area contributed by atoms with E-state index in [4.69, 9.17) is 0 Å². The zero-order valence-electron chi connectivity index (χ0n) is 13.6. The first-order valence-corrected chi connectivity index (χ1v) is 8.37. The summed E-state index contributed by atoms with van der Waals surface area (Å²) >= 11 is 1.55. The van der Waals surface area contributed by atoms with Crippen molar-refractivity contribution in [2.75, 3.05) is 5.32 Å².